The molecule has 5 heteroatoms. The van der Waals surface area contributed by atoms with E-state index in [9.17, 15) is 0 Å². The number of rotatable bonds is 7. The summed E-state index contributed by atoms with van der Waals surface area (Å²) in [5, 5.41) is 1.04. The normalized spacial score (nSPS) is 14.3. The lowest BCUT2D eigenvalue weighted by molar-refractivity contribution is -0.0131. The summed E-state index contributed by atoms with van der Waals surface area (Å²) in [7, 11) is 0. The fourth-order valence-electron chi connectivity index (χ4n) is 1.32. The molecule has 1 aromatic carbocycles. The lowest BCUT2D eigenvalue weighted by Gasteiger charge is -2.22. The van der Waals surface area contributed by atoms with Gasteiger partial charge in [-0.3, -0.25) is 5.73 Å². The molecule has 0 spiro atoms. The summed E-state index contributed by atoms with van der Waals surface area (Å²) in [4.78, 5) is 0. The van der Waals surface area contributed by atoms with E-state index < -0.39 is 6.23 Å². The molecule has 18 heavy (non-hydrogen) atoms. The van der Waals surface area contributed by atoms with Crippen LogP contribution in [0.2, 0.25) is 10.0 Å². The van der Waals surface area contributed by atoms with E-state index in [0.717, 1.165) is 12.8 Å². The van der Waals surface area contributed by atoms with Crippen molar-refractivity contribution < 1.29 is 9.47 Å². The summed E-state index contributed by atoms with van der Waals surface area (Å²) < 4.78 is 11.1. The number of hydrogen-bond donors (Lipinski definition) is 1. The van der Waals surface area contributed by atoms with Crippen LogP contribution in [0, 0.1) is 0 Å². The second kappa shape index (κ2) is 7.85. The molecule has 2 unspecified atom stereocenters. The van der Waals surface area contributed by atoms with Crippen molar-refractivity contribution in [1.29, 1.82) is 0 Å². The van der Waals surface area contributed by atoms with Crippen LogP contribution in [0.25, 0.3) is 0 Å². The first-order valence-electron chi connectivity index (χ1n) is 6.03. The quantitative estimate of drug-likeness (QED) is 0.613. The van der Waals surface area contributed by atoms with Gasteiger partial charge in [0.1, 0.15) is 11.9 Å². The lowest BCUT2D eigenvalue weighted by Crippen LogP contribution is -2.40. The van der Waals surface area contributed by atoms with Gasteiger partial charge in [0.05, 0.1) is 5.02 Å². The Hall–Kier alpha value is -0.480. The van der Waals surface area contributed by atoms with Gasteiger partial charge in [-0.2, -0.15) is 0 Å². The van der Waals surface area contributed by atoms with Gasteiger partial charge in [0.2, 0.25) is 0 Å². The fraction of sp³-hybridized carbons (Fsp3) is 0.538. The van der Waals surface area contributed by atoms with Gasteiger partial charge in [-0.05, 0) is 25.5 Å². The Morgan fingerprint density at radius 2 is 2.06 bits per heavy atom. The van der Waals surface area contributed by atoms with Crippen molar-refractivity contribution in [3.05, 3.63) is 28.2 Å². The number of ether oxygens (including phenoxy) is 2. The Bertz CT molecular complexity index is 374. The smallest absolute Gasteiger partial charge is 0.173 e. The van der Waals surface area contributed by atoms with Gasteiger partial charge in [0, 0.05) is 17.7 Å². The third-order valence-electron chi connectivity index (χ3n) is 2.50. The molecule has 1 aromatic rings. The summed E-state index contributed by atoms with van der Waals surface area (Å²) in [5.74, 6) is 0.475. The maximum Gasteiger partial charge on any atom is 0.173 e. The molecule has 0 saturated carbocycles. The van der Waals surface area contributed by atoms with Crippen LogP contribution in [0.5, 0.6) is 5.75 Å². The first kappa shape index (κ1) is 15.6. The molecule has 0 saturated heterocycles. The summed E-state index contributed by atoms with van der Waals surface area (Å²) in [5.41, 5.74) is 5.90. The molecule has 0 aliphatic heterocycles. The predicted molar refractivity (Wildman–Crippen MR) is 75.4 cm³/mol. The zero-order valence-corrected chi connectivity index (χ0v) is 12.2. The van der Waals surface area contributed by atoms with Crippen molar-refractivity contribution in [2.75, 3.05) is 6.61 Å². The first-order valence-corrected chi connectivity index (χ1v) is 6.79. The van der Waals surface area contributed by atoms with Gasteiger partial charge in [0.25, 0.3) is 0 Å². The second-order valence-electron chi connectivity index (χ2n) is 4.09. The minimum Gasteiger partial charge on any atom is -0.471 e. The van der Waals surface area contributed by atoms with Gasteiger partial charge < -0.3 is 9.47 Å². The van der Waals surface area contributed by atoms with E-state index in [1.807, 2.05) is 6.92 Å². The van der Waals surface area contributed by atoms with Crippen molar-refractivity contribution in [3.63, 3.8) is 0 Å². The number of unbranched alkanes of at least 4 members (excludes halogenated alkanes) is 1. The average Bonchev–Trinajstić information content (AvgIpc) is 2.34. The SMILES string of the molecule is CCCCOC(C)C(N)Oc1cc(Cl)ccc1Cl. The van der Waals surface area contributed by atoms with Gasteiger partial charge in [-0.15, -0.1) is 0 Å². The Morgan fingerprint density at radius 3 is 2.72 bits per heavy atom. The third kappa shape index (κ3) is 5.02. The van der Waals surface area contributed by atoms with Crippen LogP contribution in [-0.4, -0.2) is 18.9 Å². The van der Waals surface area contributed by atoms with E-state index in [0.29, 0.717) is 22.4 Å². The molecule has 0 heterocycles. The van der Waals surface area contributed by atoms with E-state index in [2.05, 4.69) is 6.92 Å². The molecule has 0 amide bonds. The van der Waals surface area contributed by atoms with Crippen LogP contribution in [0.3, 0.4) is 0 Å². The topological polar surface area (TPSA) is 44.5 Å². The summed E-state index contributed by atoms with van der Waals surface area (Å²) >= 11 is 11.9. The average molecular weight is 292 g/mol. The van der Waals surface area contributed by atoms with Crippen molar-refractivity contribution in [2.45, 2.75) is 39.0 Å². The number of benzene rings is 1. The molecular formula is C13H19Cl2NO2. The molecule has 3 nitrogen and oxygen atoms in total. The molecule has 0 aliphatic carbocycles. The summed E-state index contributed by atoms with van der Waals surface area (Å²) in [6.45, 7) is 4.66. The third-order valence-corrected chi connectivity index (χ3v) is 3.04. The highest BCUT2D eigenvalue weighted by atomic mass is 35.5. The molecule has 0 bridgehead atoms. The number of nitrogens with two attached hydrogens (primary N) is 1. The minimum atomic E-state index is -0.571. The maximum atomic E-state index is 5.99. The van der Waals surface area contributed by atoms with Crippen LogP contribution < -0.4 is 10.5 Å². The van der Waals surface area contributed by atoms with Crippen LogP contribution in [-0.2, 0) is 4.74 Å². The highest BCUT2D eigenvalue weighted by Gasteiger charge is 2.16. The van der Waals surface area contributed by atoms with Gasteiger partial charge in [0.15, 0.2) is 6.23 Å². The van der Waals surface area contributed by atoms with E-state index in [-0.39, 0.29) is 6.10 Å². The Balaban J connectivity index is 2.52. The summed E-state index contributed by atoms with van der Waals surface area (Å²) in [6, 6.07) is 5.01. The zero-order chi connectivity index (χ0) is 13.5. The van der Waals surface area contributed by atoms with Crippen molar-refractivity contribution >= 4 is 23.2 Å². The Kier molecular flexibility index (Phi) is 6.79. The minimum absolute atomic E-state index is 0.202. The van der Waals surface area contributed by atoms with E-state index in [1.165, 1.54) is 0 Å². The molecule has 0 aliphatic rings. The lowest BCUT2D eigenvalue weighted by atomic mass is 10.3. The number of halogens is 2. The molecule has 0 fully saturated rings. The fourth-order valence-corrected chi connectivity index (χ4v) is 1.64. The van der Waals surface area contributed by atoms with Crippen LogP contribution in [0.4, 0.5) is 0 Å². The maximum absolute atomic E-state index is 5.99. The van der Waals surface area contributed by atoms with Gasteiger partial charge in [-0.25, -0.2) is 0 Å². The molecule has 1 rings (SSSR count). The summed E-state index contributed by atoms with van der Waals surface area (Å²) in [6.07, 6.45) is 1.32. The molecular weight excluding hydrogens is 273 g/mol. The van der Waals surface area contributed by atoms with E-state index in [1.54, 1.807) is 18.2 Å². The standard InChI is InChI=1S/C13H19Cl2NO2/c1-3-4-7-17-9(2)13(16)18-12-8-10(14)5-6-11(12)15/h5-6,8-9,13H,3-4,7,16H2,1-2H3. The van der Waals surface area contributed by atoms with Crippen LogP contribution >= 0.6 is 23.2 Å². The highest BCUT2D eigenvalue weighted by molar-refractivity contribution is 6.34. The zero-order valence-electron chi connectivity index (χ0n) is 10.7. The van der Waals surface area contributed by atoms with Gasteiger partial charge >= 0.3 is 0 Å². The largest absolute Gasteiger partial charge is 0.471 e. The first-order chi connectivity index (χ1) is 8.54. The molecule has 102 valence electrons. The predicted octanol–water partition coefficient (Wildman–Crippen LogP) is 3.86. The number of hydrogen-bond acceptors (Lipinski definition) is 3. The van der Waals surface area contributed by atoms with Gasteiger partial charge in [-0.1, -0.05) is 36.5 Å². The highest BCUT2D eigenvalue weighted by Crippen LogP contribution is 2.28. The van der Waals surface area contributed by atoms with Crippen molar-refractivity contribution in [1.82, 2.24) is 0 Å². The van der Waals surface area contributed by atoms with Crippen molar-refractivity contribution in [2.24, 2.45) is 5.73 Å². The molecule has 0 aromatic heterocycles. The van der Waals surface area contributed by atoms with Crippen LogP contribution in [0.15, 0.2) is 18.2 Å². The second-order valence-corrected chi connectivity index (χ2v) is 4.93. The van der Waals surface area contributed by atoms with E-state index >= 15 is 0 Å². The van der Waals surface area contributed by atoms with Crippen LogP contribution in [0.1, 0.15) is 26.7 Å². The molecule has 2 atom stereocenters. The monoisotopic (exact) mass is 291 g/mol. The molecule has 0 radical (unpaired) electrons. The molecule has 2 N–H and O–H groups in total. The Labute approximate surface area is 118 Å². The Morgan fingerprint density at radius 1 is 1.33 bits per heavy atom. The van der Waals surface area contributed by atoms with Crippen molar-refractivity contribution in [3.8, 4) is 5.75 Å². The van der Waals surface area contributed by atoms with E-state index in [4.69, 9.17) is 38.4 Å².